The summed E-state index contributed by atoms with van der Waals surface area (Å²) in [6.45, 7) is 4.20. The average Bonchev–Trinajstić information content (AvgIpc) is 2.52. The standard InChI is InChI=1S/C17H32N2O/c1-2-3-6-14-8-10-15(11-9-14)17(20)19-13-16-7-4-5-12-18-16/h14-16,18H,2-13H2,1H3,(H,19,20). The third kappa shape index (κ3) is 5.08. The van der Waals surface area contributed by atoms with Gasteiger partial charge in [0.05, 0.1) is 0 Å². The second-order valence-electron chi connectivity index (χ2n) is 6.75. The van der Waals surface area contributed by atoms with Crippen LogP contribution < -0.4 is 10.6 Å². The normalized spacial score (nSPS) is 30.9. The molecular weight excluding hydrogens is 248 g/mol. The van der Waals surface area contributed by atoms with E-state index >= 15 is 0 Å². The molecule has 116 valence electrons. The highest BCUT2D eigenvalue weighted by molar-refractivity contribution is 5.78. The smallest absolute Gasteiger partial charge is 0.223 e. The first-order chi connectivity index (χ1) is 9.79. The lowest BCUT2D eigenvalue weighted by molar-refractivity contribution is -0.126. The van der Waals surface area contributed by atoms with E-state index in [1.54, 1.807) is 0 Å². The van der Waals surface area contributed by atoms with Crippen LogP contribution in [0.4, 0.5) is 0 Å². The number of piperidine rings is 1. The summed E-state index contributed by atoms with van der Waals surface area (Å²) >= 11 is 0. The molecule has 2 rings (SSSR count). The van der Waals surface area contributed by atoms with Crippen molar-refractivity contribution in [2.75, 3.05) is 13.1 Å². The molecular formula is C17H32N2O. The van der Waals surface area contributed by atoms with E-state index in [1.807, 2.05) is 0 Å². The van der Waals surface area contributed by atoms with Gasteiger partial charge in [-0.2, -0.15) is 0 Å². The minimum atomic E-state index is 0.288. The molecule has 0 spiro atoms. The lowest BCUT2D eigenvalue weighted by Gasteiger charge is -2.29. The molecule has 1 saturated heterocycles. The number of unbranched alkanes of at least 4 members (excludes halogenated alkanes) is 1. The molecule has 0 radical (unpaired) electrons. The minimum absolute atomic E-state index is 0.288. The maximum absolute atomic E-state index is 12.2. The Morgan fingerprint density at radius 3 is 2.60 bits per heavy atom. The topological polar surface area (TPSA) is 41.1 Å². The highest BCUT2D eigenvalue weighted by Gasteiger charge is 2.26. The van der Waals surface area contributed by atoms with E-state index in [1.165, 1.54) is 51.4 Å². The van der Waals surface area contributed by atoms with Crippen molar-refractivity contribution in [2.24, 2.45) is 11.8 Å². The average molecular weight is 280 g/mol. The zero-order valence-corrected chi connectivity index (χ0v) is 13.1. The monoisotopic (exact) mass is 280 g/mol. The first kappa shape index (κ1) is 15.8. The first-order valence-electron chi connectivity index (χ1n) is 8.80. The fraction of sp³-hybridized carbons (Fsp3) is 0.941. The van der Waals surface area contributed by atoms with Crippen molar-refractivity contribution in [3.63, 3.8) is 0 Å². The van der Waals surface area contributed by atoms with Crippen LogP contribution >= 0.6 is 0 Å². The van der Waals surface area contributed by atoms with Crippen molar-refractivity contribution in [3.05, 3.63) is 0 Å². The highest BCUT2D eigenvalue weighted by atomic mass is 16.1. The molecule has 2 N–H and O–H groups in total. The van der Waals surface area contributed by atoms with Crippen LogP contribution in [-0.4, -0.2) is 25.0 Å². The molecule has 1 aliphatic carbocycles. The van der Waals surface area contributed by atoms with Crippen molar-refractivity contribution in [2.45, 2.75) is 77.2 Å². The Labute approximate surface area is 124 Å². The van der Waals surface area contributed by atoms with Gasteiger partial charge in [0.1, 0.15) is 0 Å². The number of hydrogen-bond acceptors (Lipinski definition) is 2. The van der Waals surface area contributed by atoms with E-state index in [0.29, 0.717) is 11.9 Å². The van der Waals surface area contributed by atoms with E-state index < -0.39 is 0 Å². The zero-order chi connectivity index (χ0) is 14.2. The van der Waals surface area contributed by atoms with Crippen molar-refractivity contribution >= 4 is 5.91 Å². The van der Waals surface area contributed by atoms with Crippen LogP contribution in [0.2, 0.25) is 0 Å². The minimum Gasteiger partial charge on any atom is -0.354 e. The third-order valence-electron chi connectivity index (χ3n) is 5.12. The Bertz CT molecular complexity index is 279. The molecule has 1 heterocycles. The summed E-state index contributed by atoms with van der Waals surface area (Å²) in [6, 6.07) is 0.508. The Morgan fingerprint density at radius 2 is 1.95 bits per heavy atom. The summed E-state index contributed by atoms with van der Waals surface area (Å²) in [4.78, 5) is 12.2. The largest absolute Gasteiger partial charge is 0.354 e. The Kier molecular flexibility index (Phi) is 6.85. The number of hydrogen-bond donors (Lipinski definition) is 2. The molecule has 0 aromatic heterocycles. The predicted octanol–water partition coefficient (Wildman–Crippen LogP) is 3.24. The van der Waals surface area contributed by atoms with Crippen LogP contribution in [0.15, 0.2) is 0 Å². The lowest BCUT2D eigenvalue weighted by Crippen LogP contribution is -2.45. The summed E-state index contributed by atoms with van der Waals surface area (Å²) in [6.07, 6.45) is 12.6. The quantitative estimate of drug-likeness (QED) is 0.784. The van der Waals surface area contributed by atoms with Gasteiger partial charge in [-0.25, -0.2) is 0 Å². The van der Waals surface area contributed by atoms with Crippen molar-refractivity contribution in [1.82, 2.24) is 10.6 Å². The van der Waals surface area contributed by atoms with E-state index in [2.05, 4.69) is 17.6 Å². The van der Waals surface area contributed by atoms with Gasteiger partial charge in [-0.15, -0.1) is 0 Å². The summed E-state index contributed by atoms with van der Waals surface area (Å²) in [5.41, 5.74) is 0. The Balaban J connectivity index is 1.61. The molecule has 1 atom stereocenters. The maximum atomic E-state index is 12.2. The molecule has 20 heavy (non-hydrogen) atoms. The van der Waals surface area contributed by atoms with Crippen molar-refractivity contribution in [3.8, 4) is 0 Å². The predicted molar refractivity (Wildman–Crippen MR) is 83.6 cm³/mol. The first-order valence-corrected chi connectivity index (χ1v) is 8.80. The molecule has 0 aromatic rings. The van der Waals surface area contributed by atoms with Gasteiger partial charge >= 0.3 is 0 Å². The second kappa shape index (κ2) is 8.66. The summed E-state index contributed by atoms with van der Waals surface area (Å²) in [5.74, 6) is 1.49. The maximum Gasteiger partial charge on any atom is 0.223 e. The van der Waals surface area contributed by atoms with Crippen LogP contribution in [0.25, 0.3) is 0 Å². The number of carbonyl (C=O) groups excluding carboxylic acids is 1. The van der Waals surface area contributed by atoms with Crippen LogP contribution in [0.3, 0.4) is 0 Å². The second-order valence-corrected chi connectivity index (χ2v) is 6.75. The number of amides is 1. The number of nitrogens with one attached hydrogen (secondary N) is 2. The Morgan fingerprint density at radius 1 is 1.15 bits per heavy atom. The van der Waals surface area contributed by atoms with Crippen LogP contribution in [-0.2, 0) is 4.79 Å². The molecule has 2 aliphatic rings. The number of rotatable bonds is 6. The van der Waals surface area contributed by atoms with Gasteiger partial charge in [0.2, 0.25) is 5.91 Å². The van der Waals surface area contributed by atoms with Crippen LogP contribution in [0.5, 0.6) is 0 Å². The molecule has 0 aromatic carbocycles. The van der Waals surface area contributed by atoms with Crippen molar-refractivity contribution < 1.29 is 4.79 Å². The fourth-order valence-corrected chi connectivity index (χ4v) is 3.67. The van der Waals surface area contributed by atoms with E-state index in [0.717, 1.165) is 31.8 Å². The molecule has 3 heteroatoms. The molecule has 1 amide bonds. The van der Waals surface area contributed by atoms with Crippen LogP contribution in [0.1, 0.15) is 71.1 Å². The van der Waals surface area contributed by atoms with Gasteiger partial charge in [0.15, 0.2) is 0 Å². The number of carbonyl (C=O) groups is 1. The summed E-state index contributed by atoms with van der Waals surface area (Å²) in [7, 11) is 0. The van der Waals surface area contributed by atoms with Crippen molar-refractivity contribution in [1.29, 1.82) is 0 Å². The van der Waals surface area contributed by atoms with E-state index in [4.69, 9.17) is 0 Å². The SMILES string of the molecule is CCCCC1CCC(C(=O)NCC2CCCCN2)CC1. The molecule has 1 unspecified atom stereocenters. The highest BCUT2D eigenvalue weighted by Crippen LogP contribution is 2.31. The lowest BCUT2D eigenvalue weighted by atomic mass is 9.79. The van der Waals surface area contributed by atoms with Gasteiger partial charge in [0.25, 0.3) is 0 Å². The summed E-state index contributed by atoms with van der Waals surface area (Å²) < 4.78 is 0. The van der Waals surface area contributed by atoms with Gasteiger partial charge in [-0.05, 0) is 51.0 Å². The summed E-state index contributed by atoms with van der Waals surface area (Å²) in [5, 5.41) is 6.67. The van der Waals surface area contributed by atoms with Gasteiger partial charge in [-0.1, -0.05) is 32.6 Å². The zero-order valence-electron chi connectivity index (χ0n) is 13.1. The van der Waals surface area contributed by atoms with Gasteiger partial charge < -0.3 is 10.6 Å². The van der Waals surface area contributed by atoms with E-state index in [-0.39, 0.29) is 5.92 Å². The molecule has 1 aliphatic heterocycles. The Hall–Kier alpha value is -0.570. The van der Waals surface area contributed by atoms with Gasteiger partial charge in [0, 0.05) is 18.5 Å². The molecule has 2 fully saturated rings. The van der Waals surface area contributed by atoms with Crippen LogP contribution in [0, 0.1) is 11.8 Å². The van der Waals surface area contributed by atoms with Gasteiger partial charge in [-0.3, -0.25) is 4.79 Å². The molecule has 0 bridgehead atoms. The molecule has 1 saturated carbocycles. The third-order valence-corrected chi connectivity index (χ3v) is 5.12. The molecule has 3 nitrogen and oxygen atoms in total. The van der Waals surface area contributed by atoms with E-state index in [9.17, 15) is 4.79 Å². The fourth-order valence-electron chi connectivity index (χ4n) is 3.67.